The molecule has 110 valence electrons. The molecule has 3 heteroatoms. The molecule has 2 aromatic rings. The Hall–Kier alpha value is -1.90. The van der Waals surface area contributed by atoms with E-state index in [1.54, 1.807) is 4.68 Å². The highest BCUT2D eigenvalue weighted by atomic mass is 16.1. The van der Waals surface area contributed by atoms with Crippen molar-refractivity contribution in [1.82, 2.24) is 9.78 Å². The van der Waals surface area contributed by atoms with Crippen LogP contribution >= 0.6 is 0 Å². The summed E-state index contributed by atoms with van der Waals surface area (Å²) in [6, 6.07) is 12.3. The summed E-state index contributed by atoms with van der Waals surface area (Å²) in [6.07, 6.45) is 7.82. The van der Waals surface area contributed by atoms with Gasteiger partial charge in [0.25, 0.3) is 0 Å². The second-order valence-electron chi connectivity index (χ2n) is 6.09. The highest BCUT2D eigenvalue weighted by molar-refractivity contribution is 5.91. The van der Waals surface area contributed by atoms with Gasteiger partial charge in [0.05, 0.1) is 17.5 Å². The number of Topliss-reactive ketones (excluding diaryl/α,β-unsaturated/α-hetero) is 1. The fourth-order valence-electron chi connectivity index (χ4n) is 3.53. The van der Waals surface area contributed by atoms with Gasteiger partial charge in [-0.25, -0.2) is 0 Å². The van der Waals surface area contributed by atoms with E-state index in [1.165, 1.54) is 12.0 Å². The molecule has 0 unspecified atom stereocenters. The molecule has 1 fully saturated rings. The number of nitrogens with zero attached hydrogens (tertiary/aromatic N) is 2. The van der Waals surface area contributed by atoms with Gasteiger partial charge in [-0.15, -0.1) is 0 Å². The van der Waals surface area contributed by atoms with Crippen molar-refractivity contribution in [2.75, 3.05) is 0 Å². The van der Waals surface area contributed by atoms with Crippen LogP contribution in [-0.2, 0) is 23.7 Å². The fourth-order valence-corrected chi connectivity index (χ4v) is 3.53. The van der Waals surface area contributed by atoms with E-state index < -0.39 is 0 Å². The minimum atomic E-state index is -0.295. The first-order valence-corrected chi connectivity index (χ1v) is 7.78. The van der Waals surface area contributed by atoms with Crippen LogP contribution in [0.5, 0.6) is 0 Å². The number of hydrogen-bond donors (Lipinski definition) is 0. The van der Waals surface area contributed by atoms with Gasteiger partial charge in [-0.1, -0.05) is 49.6 Å². The molecule has 0 N–H and O–H groups in total. The summed E-state index contributed by atoms with van der Waals surface area (Å²) < 4.78 is 1.76. The molecule has 3 rings (SSSR count). The first-order chi connectivity index (χ1) is 10.2. The zero-order valence-corrected chi connectivity index (χ0v) is 12.6. The minimum absolute atomic E-state index is 0.295. The summed E-state index contributed by atoms with van der Waals surface area (Å²) >= 11 is 0. The molecule has 1 aromatic heterocycles. The molecule has 0 saturated heterocycles. The third-order valence-corrected chi connectivity index (χ3v) is 4.68. The Morgan fingerprint density at radius 3 is 2.48 bits per heavy atom. The zero-order chi connectivity index (χ0) is 14.7. The molecule has 1 aliphatic rings. The van der Waals surface area contributed by atoms with Crippen molar-refractivity contribution in [1.29, 1.82) is 0 Å². The maximum atomic E-state index is 13.0. The summed E-state index contributed by atoms with van der Waals surface area (Å²) in [7, 11) is 1.89. The predicted molar refractivity (Wildman–Crippen MR) is 83.1 cm³/mol. The molecule has 3 nitrogen and oxygen atoms in total. The van der Waals surface area contributed by atoms with Gasteiger partial charge in [-0.2, -0.15) is 5.10 Å². The highest BCUT2D eigenvalue weighted by Gasteiger charge is 2.40. The van der Waals surface area contributed by atoms with Crippen molar-refractivity contribution in [3.63, 3.8) is 0 Å². The van der Waals surface area contributed by atoms with Crippen molar-refractivity contribution >= 4 is 5.78 Å². The molecule has 21 heavy (non-hydrogen) atoms. The van der Waals surface area contributed by atoms with Gasteiger partial charge in [0.15, 0.2) is 0 Å². The van der Waals surface area contributed by atoms with Crippen LogP contribution in [0, 0.1) is 0 Å². The summed E-state index contributed by atoms with van der Waals surface area (Å²) in [6.45, 7) is 0. The molecule has 0 amide bonds. The first kappa shape index (κ1) is 14.1. The summed E-state index contributed by atoms with van der Waals surface area (Å²) in [5.41, 5.74) is 1.77. The van der Waals surface area contributed by atoms with E-state index in [4.69, 9.17) is 0 Å². The van der Waals surface area contributed by atoms with Gasteiger partial charge in [0.1, 0.15) is 5.78 Å². The van der Waals surface area contributed by atoms with Gasteiger partial charge in [-0.3, -0.25) is 9.48 Å². The Kier molecular flexibility index (Phi) is 3.91. The van der Waals surface area contributed by atoms with Gasteiger partial charge in [0, 0.05) is 13.2 Å². The fraction of sp³-hybridized carbons (Fsp3) is 0.444. The van der Waals surface area contributed by atoms with Crippen molar-refractivity contribution in [3.8, 4) is 0 Å². The lowest BCUT2D eigenvalue weighted by molar-refractivity contribution is -0.125. The lowest BCUT2D eigenvalue weighted by atomic mass is 9.66. The van der Waals surface area contributed by atoms with Crippen LogP contribution < -0.4 is 0 Å². The Labute approximate surface area is 126 Å². The minimum Gasteiger partial charge on any atom is -0.298 e. The Morgan fingerprint density at radius 2 is 1.86 bits per heavy atom. The first-order valence-electron chi connectivity index (χ1n) is 7.78. The number of carbonyl (C=O) groups is 1. The van der Waals surface area contributed by atoms with Crippen molar-refractivity contribution in [2.45, 2.75) is 43.9 Å². The second kappa shape index (κ2) is 5.84. The largest absolute Gasteiger partial charge is 0.298 e. The molecule has 1 aliphatic carbocycles. The van der Waals surface area contributed by atoms with Crippen molar-refractivity contribution in [2.24, 2.45) is 7.05 Å². The Bertz CT molecular complexity index is 609. The molecule has 0 bridgehead atoms. The maximum Gasteiger partial charge on any atom is 0.149 e. The van der Waals surface area contributed by atoms with E-state index in [1.807, 2.05) is 37.5 Å². The second-order valence-corrected chi connectivity index (χ2v) is 6.09. The molecule has 0 spiro atoms. The smallest absolute Gasteiger partial charge is 0.149 e. The van der Waals surface area contributed by atoms with Crippen molar-refractivity contribution in [3.05, 3.63) is 53.9 Å². The number of aryl methyl sites for hydroxylation is 1. The topological polar surface area (TPSA) is 34.9 Å². The van der Waals surface area contributed by atoms with Crippen LogP contribution in [0.1, 0.15) is 43.4 Å². The number of carbonyl (C=O) groups excluding carboxylic acids is 1. The lowest BCUT2D eigenvalue weighted by Crippen LogP contribution is -2.39. The van der Waals surface area contributed by atoms with Gasteiger partial charge >= 0.3 is 0 Å². The van der Waals surface area contributed by atoms with Crippen LogP contribution in [0.3, 0.4) is 0 Å². The molecule has 1 aromatic carbocycles. The van der Waals surface area contributed by atoms with E-state index >= 15 is 0 Å². The molecule has 0 aliphatic heterocycles. The van der Waals surface area contributed by atoms with Gasteiger partial charge < -0.3 is 0 Å². The van der Waals surface area contributed by atoms with E-state index in [9.17, 15) is 4.79 Å². The third kappa shape index (κ3) is 2.78. The molecular formula is C18H22N2O. The SMILES string of the molecule is Cn1ccc(CC(=O)C2(c3ccccc3)CCCCC2)n1. The highest BCUT2D eigenvalue weighted by Crippen LogP contribution is 2.40. The Morgan fingerprint density at radius 1 is 1.14 bits per heavy atom. The lowest BCUT2D eigenvalue weighted by Gasteiger charge is -2.36. The molecule has 0 atom stereocenters. The van der Waals surface area contributed by atoms with E-state index in [0.717, 1.165) is 31.4 Å². The molecule has 1 heterocycles. The summed E-state index contributed by atoms with van der Waals surface area (Å²) in [4.78, 5) is 13.0. The maximum absolute atomic E-state index is 13.0. The number of rotatable bonds is 4. The van der Waals surface area contributed by atoms with Crippen LogP contribution in [-0.4, -0.2) is 15.6 Å². The Balaban J connectivity index is 1.90. The zero-order valence-electron chi connectivity index (χ0n) is 12.6. The number of hydrogen-bond acceptors (Lipinski definition) is 2. The third-order valence-electron chi connectivity index (χ3n) is 4.68. The standard InChI is InChI=1S/C18H22N2O/c1-20-13-10-16(19-20)14-17(21)18(11-6-3-7-12-18)15-8-4-2-5-9-15/h2,4-5,8-10,13H,3,6-7,11-12,14H2,1H3. The quantitative estimate of drug-likeness (QED) is 0.861. The average molecular weight is 282 g/mol. The number of benzene rings is 1. The van der Waals surface area contributed by atoms with Gasteiger partial charge in [-0.05, 0) is 24.5 Å². The molecule has 1 saturated carbocycles. The van der Waals surface area contributed by atoms with Crippen LogP contribution in [0.15, 0.2) is 42.6 Å². The van der Waals surface area contributed by atoms with E-state index in [2.05, 4.69) is 17.2 Å². The predicted octanol–water partition coefficient (Wildman–Crippen LogP) is 3.43. The van der Waals surface area contributed by atoms with Gasteiger partial charge in [0.2, 0.25) is 0 Å². The van der Waals surface area contributed by atoms with E-state index in [0.29, 0.717) is 12.2 Å². The monoisotopic (exact) mass is 282 g/mol. The normalized spacial score (nSPS) is 17.6. The van der Waals surface area contributed by atoms with Crippen LogP contribution in [0.4, 0.5) is 0 Å². The number of ketones is 1. The number of aromatic nitrogens is 2. The van der Waals surface area contributed by atoms with Crippen LogP contribution in [0.25, 0.3) is 0 Å². The average Bonchev–Trinajstić information content (AvgIpc) is 2.94. The van der Waals surface area contributed by atoms with E-state index in [-0.39, 0.29) is 5.41 Å². The molecule has 0 radical (unpaired) electrons. The summed E-state index contributed by atoms with van der Waals surface area (Å²) in [5.74, 6) is 0.326. The van der Waals surface area contributed by atoms with Crippen LogP contribution in [0.2, 0.25) is 0 Å². The molecular weight excluding hydrogens is 260 g/mol. The summed E-state index contributed by atoms with van der Waals surface area (Å²) in [5, 5.41) is 4.37. The van der Waals surface area contributed by atoms with Crippen molar-refractivity contribution < 1.29 is 4.79 Å².